The first-order chi connectivity index (χ1) is 9.16. The van der Waals surface area contributed by atoms with Crippen LogP contribution in [0.1, 0.15) is 10.4 Å². The molecular formula is C14H11N3O2. The van der Waals surface area contributed by atoms with E-state index in [0.29, 0.717) is 5.52 Å². The standard InChI is InChI=1S/C14H11N3O2/c1-17-8-10(14(18)19)13-12(17)3-2-11(16-13)9-4-6-15-7-5-9/h2-8H,1H3,(H,18,19). The highest BCUT2D eigenvalue weighted by Gasteiger charge is 2.14. The van der Waals surface area contributed by atoms with Gasteiger partial charge in [0.1, 0.15) is 11.1 Å². The Labute approximate surface area is 109 Å². The number of fused-ring (bicyclic) bond motifs is 1. The molecule has 94 valence electrons. The molecule has 0 radical (unpaired) electrons. The molecule has 5 nitrogen and oxygen atoms in total. The van der Waals surface area contributed by atoms with Crippen molar-refractivity contribution >= 4 is 17.0 Å². The lowest BCUT2D eigenvalue weighted by atomic mass is 10.1. The van der Waals surface area contributed by atoms with Crippen LogP contribution in [-0.4, -0.2) is 25.6 Å². The molecular weight excluding hydrogens is 242 g/mol. The van der Waals surface area contributed by atoms with Crippen molar-refractivity contribution in [2.75, 3.05) is 0 Å². The summed E-state index contributed by atoms with van der Waals surface area (Å²) in [5.74, 6) is -0.968. The molecule has 1 N–H and O–H groups in total. The van der Waals surface area contributed by atoms with Crippen molar-refractivity contribution in [3.8, 4) is 11.3 Å². The number of aromatic carboxylic acids is 1. The van der Waals surface area contributed by atoms with Crippen LogP contribution in [0.5, 0.6) is 0 Å². The minimum Gasteiger partial charge on any atom is -0.478 e. The Bertz CT molecular complexity index is 763. The molecule has 0 saturated carbocycles. The maximum Gasteiger partial charge on any atom is 0.339 e. The predicted molar refractivity (Wildman–Crippen MR) is 70.9 cm³/mol. The Balaban J connectivity index is 2.25. The summed E-state index contributed by atoms with van der Waals surface area (Å²) in [6.45, 7) is 0. The van der Waals surface area contributed by atoms with Gasteiger partial charge in [-0.3, -0.25) is 4.98 Å². The number of hydrogen-bond acceptors (Lipinski definition) is 3. The summed E-state index contributed by atoms with van der Waals surface area (Å²) in [6, 6.07) is 7.45. The molecule has 0 aliphatic carbocycles. The summed E-state index contributed by atoms with van der Waals surface area (Å²) < 4.78 is 1.77. The van der Waals surface area contributed by atoms with Crippen molar-refractivity contribution < 1.29 is 9.90 Å². The normalized spacial score (nSPS) is 10.8. The molecule has 3 rings (SSSR count). The Morgan fingerprint density at radius 2 is 1.95 bits per heavy atom. The van der Waals surface area contributed by atoms with Crippen LogP contribution < -0.4 is 0 Å². The fourth-order valence-corrected chi connectivity index (χ4v) is 2.10. The SMILES string of the molecule is Cn1cc(C(=O)O)c2nc(-c3ccncc3)ccc21. The second-order valence-corrected chi connectivity index (χ2v) is 4.26. The summed E-state index contributed by atoms with van der Waals surface area (Å²) in [7, 11) is 1.81. The summed E-state index contributed by atoms with van der Waals surface area (Å²) in [6.07, 6.45) is 4.95. The number of carbonyl (C=O) groups is 1. The molecule has 0 atom stereocenters. The molecule has 0 bridgehead atoms. The molecule has 0 fully saturated rings. The Morgan fingerprint density at radius 1 is 1.21 bits per heavy atom. The van der Waals surface area contributed by atoms with Crippen molar-refractivity contribution in [1.82, 2.24) is 14.5 Å². The van der Waals surface area contributed by atoms with Gasteiger partial charge in [0.25, 0.3) is 0 Å². The molecule has 0 spiro atoms. The Kier molecular flexibility index (Phi) is 2.52. The highest BCUT2D eigenvalue weighted by Crippen LogP contribution is 2.23. The summed E-state index contributed by atoms with van der Waals surface area (Å²) in [4.78, 5) is 19.6. The molecule has 0 aliphatic rings. The van der Waals surface area contributed by atoms with Gasteiger partial charge in [-0.1, -0.05) is 0 Å². The van der Waals surface area contributed by atoms with Crippen LogP contribution in [0.15, 0.2) is 42.9 Å². The summed E-state index contributed by atoms with van der Waals surface area (Å²) in [5.41, 5.74) is 3.17. The number of carboxylic acid groups (broad SMARTS) is 1. The number of hydrogen-bond donors (Lipinski definition) is 1. The maximum absolute atomic E-state index is 11.2. The first kappa shape index (κ1) is 11.4. The third kappa shape index (κ3) is 1.85. The second kappa shape index (κ2) is 4.20. The maximum atomic E-state index is 11.2. The molecule has 0 aliphatic heterocycles. The second-order valence-electron chi connectivity index (χ2n) is 4.26. The van der Waals surface area contributed by atoms with E-state index in [0.717, 1.165) is 16.8 Å². The average Bonchev–Trinajstić information content (AvgIpc) is 2.77. The third-order valence-electron chi connectivity index (χ3n) is 3.04. The van der Waals surface area contributed by atoms with Crippen LogP contribution in [0.3, 0.4) is 0 Å². The van der Waals surface area contributed by atoms with Crippen LogP contribution >= 0.6 is 0 Å². The molecule has 5 heteroatoms. The van der Waals surface area contributed by atoms with Gasteiger partial charge < -0.3 is 9.67 Å². The van der Waals surface area contributed by atoms with E-state index >= 15 is 0 Å². The van der Waals surface area contributed by atoms with E-state index in [2.05, 4.69) is 9.97 Å². The van der Waals surface area contributed by atoms with E-state index in [1.54, 1.807) is 23.2 Å². The highest BCUT2D eigenvalue weighted by molar-refractivity contribution is 6.02. The van der Waals surface area contributed by atoms with Crippen molar-refractivity contribution in [2.45, 2.75) is 0 Å². The largest absolute Gasteiger partial charge is 0.478 e. The lowest BCUT2D eigenvalue weighted by molar-refractivity contribution is 0.0698. The van der Waals surface area contributed by atoms with E-state index in [-0.39, 0.29) is 5.56 Å². The highest BCUT2D eigenvalue weighted by atomic mass is 16.4. The first-order valence-electron chi connectivity index (χ1n) is 5.76. The quantitative estimate of drug-likeness (QED) is 0.761. The van der Waals surface area contributed by atoms with E-state index in [4.69, 9.17) is 0 Å². The average molecular weight is 253 g/mol. The summed E-state index contributed by atoms with van der Waals surface area (Å²) >= 11 is 0. The number of nitrogens with zero attached hydrogens (tertiary/aromatic N) is 3. The Hall–Kier alpha value is -2.69. The van der Waals surface area contributed by atoms with Crippen LogP contribution in [0.4, 0.5) is 0 Å². The first-order valence-corrected chi connectivity index (χ1v) is 5.76. The molecule has 3 aromatic rings. The predicted octanol–water partition coefficient (Wildman–Crippen LogP) is 2.33. The van der Waals surface area contributed by atoms with Gasteiger partial charge >= 0.3 is 5.97 Å². The minimum atomic E-state index is -0.968. The monoisotopic (exact) mass is 253 g/mol. The van der Waals surface area contributed by atoms with Crippen molar-refractivity contribution in [1.29, 1.82) is 0 Å². The van der Waals surface area contributed by atoms with E-state index in [9.17, 15) is 9.90 Å². The molecule has 19 heavy (non-hydrogen) atoms. The van der Waals surface area contributed by atoms with Crippen LogP contribution in [0, 0.1) is 0 Å². The van der Waals surface area contributed by atoms with E-state index in [1.165, 1.54) is 0 Å². The van der Waals surface area contributed by atoms with Gasteiger partial charge in [0.2, 0.25) is 0 Å². The number of aryl methyl sites for hydroxylation is 1. The molecule has 0 saturated heterocycles. The number of pyridine rings is 2. The van der Waals surface area contributed by atoms with Gasteiger partial charge in [0.15, 0.2) is 0 Å². The lowest BCUT2D eigenvalue weighted by Crippen LogP contribution is -1.95. The van der Waals surface area contributed by atoms with Crippen LogP contribution in [-0.2, 0) is 7.05 Å². The third-order valence-corrected chi connectivity index (χ3v) is 3.04. The smallest absolute Gasteiger partial charge is 0.339 e. The van der Waals surface area contributed by atoms with Crippen molar-refractivity contribution in [2.24, 2.45) is 7.05 Å². The van der Waals surface area contributed by atoms with Crippen LogP contribution in [0.2, 0.25) is 0 Å². The van der Waals surface area contributed by atoms with Gasteiger partial charge in [0, 0.05) is 31.2 Å². The zero-order valence-corrected chi connectivity index (χ0v) is 10.2. The van der Waals surface area contributed by atoms with Gasteiger partial charge in [-0.2, -0.15) is 0 Å². The lowest BCUT2D eigenvalue weighted by Gasteiger charge is -2.01. The van der Waals surface area contributed by atoms with Crippen molar-refractivity contribution in [3.63, 3.8) is 0 Å². The van der Waals surface area contributed by atoms with Gasteiger partial charge in [-0.25, -0.2) is 9.78 Å². The van der Waals surface area contributed by atoms with Gasteiger partial charge in [-0.15, -0.1) is 0 Å². The zero-order chi connectivity index (χ0) is 13.4. The molecule has 0 aromatic carbocycles. The fraction of sp³-hybridized carbons (Fsp3) is 0.0714. The minimum absolute atomic E-state index is 0.216. The molecule has 0 amide bonds. The van der Waals surface area contributed by atoms with Gasteiger partial charge in [-0.05, 0) is 24.3 Å². The zero-order valence-electron chi connectivity index (χ0n) is 10.2. The molecule has 0 unspecified atom stereocenters. The van der Waals surface area contributed by atoms with Crippen molar-refractivity contribution in [3.05, 3.63) is 48.4 Å². The molecule has 3 heterocycles. The number of rotatable bonds is 2. The summed E-state index contributed by atoms with van der Waals surface area (Å²) in [5, 5.41) is 9.19. The van der Waals surface area contributed by atoms with E-state index < -0.39 is 5.97 Å². The Morgan fingerprint density at radius 3 is 2.63 bits per heavy atom. The molecule has 3 aromatic heterocycles. The topological polar surface area (TPSA) is 68.0 Å². The number of aromatic nitrogens is 3. The van der Waals surface area contributed by atoms with Gasteiger partial charge in [0.05, 0.1) is 11.2 Å². The van der Waals surface area contributed by atoms with Crippen LogP contribution in [0.25, 0.3) is 22.3 Å². The number of carboxylic acids is 1. The fourth-order valence-electron chi connectivity index (χ4n) is 2.10. The van der Waals surface area contributed by atoms with E-state index in [1.807, 2.05) is 31.3 Å².